The number of benzene rings is 1. The summed E-state index contributed by atoms with van der Waals surface area (Å²) in [6.45, 7) is 0. The molecule has 0 aromatic heterocycles. The molecule has 1 amide bonds. The van der Waals surface area contributed by atoms with Gasteiger partial charge in [-0.25, -0.2) is 4.79 Å². The van der Waals surface area contributed by atoms with Crippen molar-refractivity contribution in [2.75, 3.05) is 11.5 Å². The molecule has 1 saturated heterocycles. The van der Waals surface area contributed by atoms with Gasteiger partial charge in [0.25, 0.3) is 5.91 Å². The molecule has 1 aromatic carbocycles. The summed E-state index contributed by atoms with van der Waals surface area (Å²) in [5.41, 5.74) is 0.723. The van der Waals surface area contributed by atoms with Crippen molar-refractivity contribution in [3.63, 3.8) is 0 Å². The molecule has 0 radical (unpaired) electrons. The van der Waals surface area contributed by atoms with E-state index in [9.17, 15) is 14.7 Å². The summed E-state index contributed by atoms with van der Waals surface area (Å²) in [4.78, 5) is 24.0. The maximum atomic E-state index is 12.4. The standard InChI is InChI=1S/C17H21NO3S/c19-15(18-17(16(20)21)8-10-22-11-9-17)14-6-4-13(5-7-14)12-2-1-3-12/h4-7,12H,1-3,8-11H2,(H,18,19)(H,20,21). The zero-order valence-electron chi connectivity index (χ0n) is 12.5. The minimum absolute atomic E-state index is 0.283. The van der Waals surface area contributed by atoms with Gasteiger partial charge in [0.05, 0.1) is 0 Å². The Morgan fingerprint density at radius 3 is 2.27 bits per heavy atom. The SMILES string of the molecule is O=C(NC1(C(=O)O)CCSCC1)c1ccc(C2CCC2)cc1. The summed E-state index contributed by atoms with van der Waals surface area (Å²) in [6.07, 6.45) is 4.71. The molecule has 0 atom stereocenters. The van der Waals surface area contributed by atoms with Gasteiger partial charge in [-0.15, -0.1) is 0 Å². The van der Waals surface area contributed by atoms with Crippen molar-refractivity contribution >= 4 is 23.6 Å². The van der Waals surface area contributed by atoms with Crippen molar-refractivity contribution in [2.45, 2.75) is 43.6 Å². The Morgan fingerprint density at radius 2 is 1.77 bits per heavy atom. The van der Waals surface area contributed by atoms with Crippen LogP contribution in [-0.2, 0) is 4.79 Å². The molecule has 0 unspecified atom stereocenters. The first-order valence-corrected chi connectivity index (χ1v) is 9.00. The van der Waals surface area contributed by atoms with Crippen LogP contribution in [0.1, 0.15) is 53.9 Å². The highest BCUT2D eigenvalue weighted by Crippen LogP contribution is 2.36. The van der Waals surface area contributed by atoms with E-state index >= 15 is 0 Å². The number of thioether (sulfide) groups is 1. The molecular formula is C17H21NO3S. The average Bonchev–Trinajstić information content (AvgIpc) is 2.47. The van der Waals surface area contributed by atoms with E-state index in [1.807, 2.05) is 24.3 Å². The number of nitrogens with one attached hydrogen (secondary N) is 1. The predicted octanol–water partition coefficient (Wildman–Crippen LogP) is 3.03. The Morgan fingerprint density at radius 1 is 1.14 bits per heavy atom. The molecule has 1 heterocycles. The van der Waals surface area contributed by atoms with E-state index in [1.54, 1.807) is 11.8 Å². The van der Waals surface area contributed by atoms with Crippen LogP contribution in [-0.4, -0.2) is 34.0 Å². The van der Waals surface area contributed by atoms with Gasteiger partial charge in [0.2, 0.25) is 0 Å². The first kappa shape index (κ1) is 15.4. The van der Waals surface area contributed by atoms with Crippen LogP contribution in [0.15, 0.2) is 24.3 Å². The molecule has 5 heteroatoms. The second-order valence-electron chi connectivity index (χ2n) is 6.20. The van der Waals surface area contributed by atoms with E-state index in [1.165, 1.54) is 24.8 Å². The minimum Gasteiger partial charge on any atom is -0.480 e. The van der Waals surface area contributed by atoms with E-state index in [2.05, 4.69) is 5.32 Å². The van der Waals surface area contributed by atoms with Gasteiger partial charge in [0, 0.05) is 5.56 Å². The van der Waals surface area contributed by atoms with Gasteiger partial charge in [-0.05, 0) is 60.8 Å². The highest BCUT2D eigenvalue weighted by molar-refractivity contribution is 7.99. The number of rotatable bonds is 4. The lowest BCUT2D eigenvalue weighted by molar-refractivity contribution is -0.144. The predicted molar refractivity (Wildman–Crippen MR) is 87.4 cm³/mol. The summed E-state index contributed by atoms with van der Waals surface area (Å²) in [6, 6.07) is 7.64. The Kier molecular flexibility index (Phi) is 4.43. The lowest BCUT2D eigenvalue weighted by Crippen LogP contribution is -2.56. The van der Waals surface area contributed by atoms with E-state index < -0.39 is 11.5 Å². The monoisotopic (exact) mass is 319 g/mol. The third kappa shape index (κ3) is 3.00. The molecule has 22 heavy (non-hydrogen) atoms. The van der Waals surface area contributed by atoms with Crippen LogP contribution in [0.4, 0.5) is 0 Å². The van der Waals surface area contributed by atoms with Crippen LogP contribution in [0.25, 0.3) is 0 Å². The van der Waals surface area contributed by atoms with Crippen molar-refractivity contribution in [1.82, 2.24) is 5.32 Å². The van der Waals surface area contributed by atoms with Crippen molar-refractivity contribution in [3.8, 4) is 0 Å². The number of aliphatic carboxylic acids is 1. The van der Waals surface area contributed by atoms with Gasteiger partial charge in [0.15, 0.2) is 0 Å². The molecule has 2 aliphatic rings. The Bertz CT molecular complexity index is 560. The third-order valence-corrected chi connectivity index (χ3v) is 5.84. The number of hydrogen-bond donors (Lipinski definition) is 2. The molecule has 0 spiro atoms. The normalized spacial score (nSPS) is 20.9. The number of amides is 1. The molecule has 1 aromatic rings. The van der Waals surface area contributed by atoms with E-state index in [0.717, 1.165) is 11.5 Å². The minimum atomic E-state index is -1.10. The fourth-order valence-corrected chi connectivity index (χ4v) is 4.24. The first-order chi connectivity index (χ1) is 10.6. The number of carbonyl (C=O) groups is 2. The van der Waals surface area contributed by atoms with E-state index in [4.69, 9.17) is 0 Å². The number of hydrogen-bond acceptors (Lipinski definition) is 3. The van der Waals surface area contributed by atoms with Gasteiger partial charge < -0.3 is 10.4 Å². The van der Waals surface area contributed by atoms with E-state index in [0.29, 0.717) is 24.3 Å². The number of carbonyl (C=O) groups excluding carboxylic acids is 1. The second kappa shape index (κ2) is 6.32. The first-order valence-electron chi connectivity index (χ1n) is 7.84. The lowest BCUT2D eigenvalue weighted by atomic mass is 9.80. The van der Waals surface area contributed by atoms with Crippen LogP contribution in [0.2, 0.25) is 0 Å². The summed E-state index contributed by atoms with van der Waals surface area (Å²) >= 11 is 1.74. The van der Waals surface area contributed by atoms with Crippen molar-refractivity contribution in [2.24, 2.45) is 0 Å². The van der Waals surface area contributed by atoms with Crippen LogP contribution in [0.5, 0.6) is 0 Å². The topological polar surface area (TPSA) is 66.4 Å². The fraction of sp³-hybridized carbons (Fsp3) is 0.529. The fourth-order valence-electron chi connectivity index (χ4n) is 3.05. The summed E-state index contributed by atoms with van der Waals surface area (Å²) in [7, 11) is 0. The molecule has 4 nitrogen and oxygen atoms in total. The second-order valence-corrected chi connectivity index (χ2v) is 7.43. The van der Waals surface area contributed by atoms with Crippen molar-refractivity contribution < 1.29 is 14.7 Å². The van der Waals surface area contributed by atoms with Crippen molar-refractivity contribution in [1.29, 1.82) is 0 Å². The van der Waals surface area contributed by atoms with Crippen LogP contribution in [0.3, 0.4) is 0 Å². The molecular weight excluding hydrogens is 298 g/mol. The van der Waals surface area contributed by atoms with E-state index in [-0.39, 0.29) is 5.91 Å². The molecule has 1 aliphatic carbocycles. The largest absolute Gasteiger partial charge is 0.480 e. The molecule has 2 N–H and O–H groups in total. The average molecular weight is 319 g/mol. The smallest absolute Gasteiger partial charge is 0.329 e. The van der Waals surface area contributed by atoms with Gasteiger partial charge in [-0.1, -0.05) is 18.6 Å². The Hall–Kier alpha value is -1.49. The van der Waals surface area contributed by atoms with Gasteiger partial charge in [-0.3, -0.25) is 4.79 Å². The van der Waals surface area contributed by atoms with Crippen LogP contribution >= 0.6 is 11.8 Å². The molecule has 118 valence electrons. The lowest BCUT2D eigenvalue weighted by Gasteiger charge is -2.33. The maximum Gasteiger partial charge on any atom is 0.329 e. The maximum absolute atomic E-state index is 12.4. The highest BCUT2D eigenvalue weighted by atomic mass is 32.2. The zero-order valence-corrected chi connectivity index (χ0v) is 13.3. The Labute approximate surface area is 134 Å². The zero-order chi connectivity index (χ0) is 15.6. The summed E-state index contributed by atoms with van der Waals surface area (Å²) in [5.74, 6) is 0.972. The molecule has 3 rings (SSSR count). The van der Waals surface area contributed by atoms with Crippen LogP contribution < -0.4 is 5.32 Å². The quantitative estimate of drug-likeness (QED) is 0.895. The molecule has 2 fully saturated rings. The van der Waals surface area contributed by atoms with Crippen LogP contribution in [0, 0.1) is 0 Å². The highest BCUT2D eigenvalue weighted by Gasteiger charge is 2.41. The Balaban J connectivity index is 1.71. The number of carboxylic acid groups (broad SMARTS) is 1. The molecule has 1 saturated carbocycles. The summed E-state index contributed by atoms with van der Waals surface area (Å²) in [5, 5.41) is 12.3. The third-order valence-electron chi connectivity index (χ3n) is 4.86. The number of carboxylic acids is 1. The summed E-state index contributed by atoms with van der Waals surface area (Å²) < 4.78 is 0. The van der Waals surface area contributed by atoms with Gasteiger partial charge >= 0.3 is 5.97 Å². The van der Waals surface area contributed by atoms with Gasteiger partial charge in [-0.2, -0.15) is 11.8 Å². The van der Waals surface area contributed by atoms with Crippen molar-refractivity contribution in [3.05, 3.63) is 35.4 Å². The van der Waals surface area contributed by atoms with Gasteiger partial charge in [0.1, 0.15) is 5.54 Å². The molecule has 1 aliphatic heterocycles. The molecule has 0 bridgehead atoms.